The van der Waals surface area contributed by atoms with Crippen LogP contribution < -0.4 is 0 Å². The average Bonchev–Trinajstić information content (AvgIpc) is 3.61. The maximum absolute atomic E-state index is 12.8. The average molecular weight is 466 g/mol. The number of carbonyl (C=O) groups is 1. The van der Waals surface area contributed by atoms with Gasteiger partial charge in [-0.3, -0.25) is 9.69 Å². The minimum Gasteiger partial charge on any atom is -0.340 e. The second kappa shape index (κ2) is 9.32. The Hall–Kier alpha value is -2.88. The summed E-state index contributed by atoms with van der Waals surface area (Å²) < 4.78 is 5.53. The number of hydrogen-bond donors (Lipinski definition) is 0. The third-order valence-corrected chi connectivity index (χ3v) is 7.59. The lowest BCUT2D eigenvalue weighted by molar-refractivity contribution is -0.132. The van der Waals surface area contributed by atoms with Gasteiger partial charge in [0, 0.05) is 37.1 Å². The maximum Gasteiger partial charge on any atom is 0.244 e. The van der Waals surface area contributed by atoms with Crippen molar-refractivity contribution >= 4 is 28.6 Å². The highest BCUT2D eigenvalue weighted by molar-refractivity contribution is 7.20. The molecule has 7 nitrogen and oxygen atoms in total. The minimum atomic E-state index is 0.00380. The van der Waals surface area contributed by atoms with E-state index >= 15 is 0 Å². The molecular weight excluding hydrogens is 442 g/mol. The molecule has 4 heterocycles. The number of piperazine rings is 1. The van der Waals surface area contributed by atoms with E-state index in [1.807, 2.05) is 52.1 Å². The highest BCUT2D eigenvalue weighted by Gasteiger charge is 2.28. The summed E-state index contributed by atoms with van der Waals surface area (Å²) in [5.74, 6) is 1.34. The molecule has 9 heteroatoms. The van der Waals surface area contributed by atoms with Gasteiger partial charge in [-0.2, -0.15) is 4.98 Å². The quantitative estimate of drug-likeness (QED) is 0.421. The Morgan fingerprint density at radius 3 is 2.62 bits per heavy atom. The van der Waals surface area contributed by atoms with Crippen molar-refractivity contribution in [2.75, 3.05) is 26.2 Å². The van der Waals surface area contributed by atoms with E-state index in [-0.39, 0.29) is 11.9 Å². The second-order valence-electron chi connectivity index (χ2n) is 7.71. The maximum atomic E-state index is 12.8. The van der Waals surface area contributed by atoms with Gasteiger partial charge in [0.25, 0.3) is 0 Å². The normalized spacial score (nSPS) is 15.7. The Morgan fingerprint density at radius 2 is 1.88 bits per heavy atom. The van der Waals surface area contributed by atoms with E-state index < -0.39 is 0 Å². The van der Waals surface area contributed by atoms with E-state index in [0.717, 1.165) is 34.2 Å². The summed E-state index contributed by atoms with van der Waals surface area (Å²) in [6.45, 7) is 4.98. The summed E-state index contributed by atoms with van der Waals surface area (Å²) in [4.78, 5) is 27.4. The van der Waals surface area contributed by atoms with Gasteiger partial charge in [-0.15, -0.1) is 22.7 Å². The van der Waals surface area contributed by atoms with Crippen molar-refractivity contribution in [1.29, 1.82) is 0 Å². The molecule has 0 bridgehead atoms. The van der Waals surface area contributed by atoms with Crippen LogP contribution >= 0.6 is 22.7 Å². The number of thiazole rings is 1. The Balaban J connectivity index is 1.15. The van der Waals surface area contributed by atoms with Crippen molar-refractivity contribution < 1.29 is 9.32 Å². The molecule has 1 atom stereocenters. The van der Waals surface area contributed by atoms with Crippen LogP contribution in [0.5, 0.6) is 0 Å². The molecule has 0 N–H and O–H groups in total. The van der Waals surface area contributed by atoms with Crippen molar-refractivity contribution in [2.45, 2.75) is 19.4 Å². The van der Waals surface area contributed by atoms with Crippen LogP contribution in [-0.2, 0) is 11.2 Å². The first kappa shape index (κ1) is 21.0. The fourth-order valence-electron chi connectivity index (χ4n) is 3.79. The zero-order valence-electron chi connectivity index (χ0n) is 17.7. The molecule has 32 heavy (non-hydrogen) atoms. The van der Waals surface area contributed by atoms with Crippen LogP contribution in [0.15, 0.2) is 57.7 Å². The van der Waals surface area contributed by atoms with Gasteiger partial charge in [0.2, 0.25) is 17.6 Å². The fourth-order valence-corrected chi connectivity index (χ4v) is 5.43. The number of nitrogens with zero attached hydrogens (tertiary/aromatic N) is 5. The van der Waals surface area contributed by atoms with Crippen LogP contribution in [0.1, 0.15) is 24.6 Å². The van der Waals surface area contributed by atoms with Crippen LogP contribution in [0.25, 0.3) is 21.3 Å². The van der Waals surface area contributed by atoms with Crippen molar-refractivity contribution in [1.82, 2.24) is 24.9 Å². The molecule has 0 saturated carbocycles. The summed E-state index contributed by atoms with van der Waals surface area (Å²) in [6.07, 6.45) is 0.349. The fraction of sp³-hybridized carbons (Fsp3) is 0.304. The lowest BCUT2D eigenvalue weighted by Gasteiger charge is -2.36. The molecular formula is C23H23N5O2S2. The number of carbonyl (C=O) groups excluding carboxylic acids is 1. The number of rotatable bonds is 6. The van der Waals surface area contributed by atoms with Gasteiger partial charge in [-0.1, -0.05) is 41.6 Å². The SMILES string of the molecule is C[C@H](c1nc(-c2ccccc2)no1)N1CCN(C(=O)Cc2csc(-c3cccs3)n2)CC1. The van der Waals surface area contributed by atoms with Crippen LogP contribution in [0.3, 0.4) is 0 Å². The summed E-state index contributed by atoms with van der Waals surface area (Å²) >= 11 is 3.26. The number of thiophene rings is 1. The van der Waals surface area contributed by atoms with Gasteiger partial charge in [-0.25, -0.2) is 4.98 Å². The monoisotopic (exact) mass is 465 g/mol. The number of benzene rings is 1. The highest BCUT2D eigenvalue weighted by atomic mass is 32.1. The lowest BCUT2D eigenvalue weighted by Crippen LogP contribution is -2.49. The van der Waals surface area contributed by atoms with Crippen LogP contribution in [0.4, 0.5) is 0 Å². The molecule has 0 aliphatic carbocycles. The Bertz CT molecular complexity index is 1160. The molecule has 0 spiro atoms. The summed E-state index contributed by atoms with van der Waals surface area (Å²) in [5, 5.41) is 9.14. The molecule has 5 rings (SSSR count). The first-order valence-corrected chi connectivity index (χ1v) is 12.3. The van der Waals surface area contributed by atoms with Crippen molar-refractivity contribution in [3.05, 3.63) is 64.8 Å². The van der Waals surface area contributed by atoms with Crippen molar-refractivity contribution in [3.63, 3.8) is 0 Å². The second-order valence-corrected chi connectivity index (χ2v) is 9.52. The first-order valence-electron chi connectivity index (χ1n) is 10.6. The molecule has 1 fully saturated rings. The van der Waals surface area contributed by atoms with Gasteiger partial charge >= 0.3 is 0 Å². The zero-order chi connectivity index (χ0) is 21.9. The summed E-state index contributed by atoms with van der Waals surface area (Å²) in [7, 11) is 0. The largest absolute Gasteiger partial charge is 0.340 e. The Labute approximate surface area is 194 Å². The first-order chi connectivity index (χ1) is 15.7. The lowest BCUT2D eigenvalue weighted by atomic mass is 10.2. The van der Waals surface area contributed by atoms with Crippen LogP contribution in [-0.4, -0.2) is 57.0 Å². The van der Waals surface area contributed by atoms with Gasteiger partial charge in [0.15, 0.2) is 0 Å². The standard InChI is InChI=1S/C23H23N5O2S2/c1-16(22-25-21(26-30-22)17-6-3-2-4-7-17)27-9-11-28(12-10-27)20(29)14-18-15-32-23(24-18)19-8-5-13-31-19/h2-8,13,15-16H,9-12,14H2,1H3/t16-/m1/s1. The molecule has 1 saturated heterocycles. The van der Waals surface area contributed by atoms with E-state index in [2.05, 4.69) is 33.0 Å². The molecule has 1 amide bonds. The number of amides is 1. The molecule has 164 valence electrons. The van der Waals surface area contributed by atoms with E-state index in [1.165, 1.54) is 0 Å². The summed E-state index contributed by atoms with van der Waals surface area (Å²) in [6, 6.07) is 13.9. The van der Waals surface area contributed by atoms with Crippen LogP contribution in [0, 0.1) is 0 Å². The van der Waals surface area contributed by atoms with Crippen LogP contribution in [0.2, 0.25) is 0 Å². The predicted molar refractivity (Wildman–Crippen MR) is 125 cm³/mol. The molecule has 1 aliphatic heterocycles. The van der Waals surface area contributed by atoms with Gasteiger partial charge in [-0.05, 0) is 18.4 Å². The highest BCUT2D eigenvalue weighted by Crippen LogP contribution is 2.28. The number of aromatic nitrogens is 3. The van der Waals surface area contributed by atoms with E-state index in [0.29, 0.717) is 31.2 Å². The molecule has 1 aliphatic rings. The van der Waals surface area contributed by atoms with E-state index in [1.54, 1.807) is 22.7 Å². The molecule has 4 aromatic rings. The minimum absolute atomic E-state index is 0.00380. The van der Waals surface area contributed by atoms with Gasteiger partial charge in [0.1, 0.15) is 5.01 Å². The molecule has 0 radical (unpaired) electrons. The Morgan fingerprint density at radius 1 is 1.06 bits per heavy atom. The van der Waals surface area contributed by atoms with E-state index in [4.69, 9.17) is 4.52 Å². The summed E-state index contributed by atoms with van der Waals surface area (Å²) in [5.41, 5.74) is 1.79. The predicted octanol–water partition coefficient (Wildman–Crippen LogP) is 4.37. The smallest absolute Gasteiger partial charge is 0.244 e. The topological polar surface area (TPSA) is 75.4 Å². The van der Waals surface area contributed by atoms with Crippen molar-refractivity contribution in [2.24, 2.45) is 0 Å². The third-order valence-electron chi connectivity index (χ3n) is 5.66. The van der Waals surface area contributed by atoms with Crippen molar-refractivity contribution in [3.8, 4) is 21.3 Å². The van der Waals surface area contributed by atoms with Gasteiger partial charge in [0.05, 0.1) is 23.0 Å². The van der Waals surface area contributed by atoms with Gasteiger partial charge < -0.3 is 9.42 Å². The third kappa shape index (κ3) is 4.50. The van der Waals surface area contributed by atoms with E-state index in [9.17, 15) is 4.79 Å². The zero-order valence-corrected chi connectivity index (χ0v) is 19.3. The number of hydrogen-bond acceptors (Lipinski definition) is 8. The molecule has 1 aromatic carbocycles. The molecule has 3 aromatic heterocycles. The molecule has 0 unspecified atom stereocenters. The Kier molecular flexibility index (Phi) is 6.11.